The van der Waals surface area contributed by atoms with Crippen LogP contribution in [0.1, 0.15) is 27.2 Å². The van der Waals surface area contributed by atoms with Gasteiger partial charge in [0.25, 0.3) is 0 Å². The van der Waals surface area contributed by atoms with Gasteiger partial charge >= 0.3 is 5.97 Å². The summed E-state index contributed by atoms with van der Waals surface area (Å²) in [6, 6.07) is 1.72. The first-order valence-corrected chi connectivity index (χ1v) is 4.25. The number of hydrogen-bond donors (Lipinski definition) is 1. The van der Waals surface area contributed by atoms with Crippen LogP contribution in [0, 0.1) is 17.2 Å². The molecule has 0 amide bonds. The molecule has 1 atom stereocenters. The number of esters is 1. The Balaban J connectivity index is 4.30. The van der Waals surface area contributed by atoms with E-state index in [4.69, 9.17) is 5.26 Å². The van der Waals surface area contributed by atoms with Crippen molar-refractivity contribution >= 4 is 5.97 Å². The standard InChI is InChI=1S/C9H15NO3/c1-4-13-8(11)5-9(12,6-10)7(2)3/h7,12H,4-5H2,1-3H3/t9-/m1/s1. The highest BCUT2D eigenvalue weighted by Crippen LogP contribution is 2.20. The van der Waals surface area contributed by atoms with Crippen molar-refractivity contribution in [2.45, 2.75) is 32.8 Å². The summed E-state index contributed by atoms with van der Waals surface area (Å²) in [6.07, 6.45) is -0.269. The molecule has 0 rings (SSSR count). The lowest BCUT2D eigenvalue weighted by atomic mass is 9.89. The van der Waals surface area contributed by atoms with Crippen LogP contribution >= 0.6 is 0 Å². The summed E-state index contributed by atoms with van der Waals surface area (Å²) < 4.78 is 4.64. The van der Waals surface area contributed by atoms with Crippen LogP contribution in [0.3, 0.4) is 0 Å². The predicted molar refractivity (Wildman–Crippen MR) is 46.7 cm³/mol. The Kier molecular flexibility index (Phi) is 4.43. The summed E-state index contributed by atoms with van der Waals surface area (Å²) in [4.78, 5) is 11.0. The minimum atomic E-state index is -1.60. The van der Waals surface area contributed by atoms with Gasteiger partial charge in [-0.2, -0.15) is 5.26 Å². The fraction of sp³-hybridized carbons (Fsp3) is 0.778. The van der Waals surface area contributed by atoms with E-state index in [-0.39, 0.29) is 18.9 Å². The number of carbonyl (C=O) groups is 1. The third kappa shape index (κ3) is 3.43. The highest BCUT2D eigenvalue weighted by atomic mass is 16.5. The van der Waals surface area contributed by atoms with Crippen LogP contribution in [0.5, 0.6) is 0 Å². The number of nitriles is 1. The Morgan fingerprint density at radius 1 is 1.69 bits per heavy atom. The van der Waals surface area contributed by atoms with E-state index in [0.29, 0.717) is 0 Å². The van der Waals surface area contributed by atoms with Crippen molar-refractivity contribution in [1.82, 2.24) is 0 Å². The molecule has 0 fully saturated rings. The summed E-state index contributed by atoms with van der Waals surface area (Å²) in [7, 11) is 0. The van der Waals surface area contributed by atoms with Gasteiger partial charge in [-0.1, -0.05) is 13.8 Å². The lowest BCUT2D eigenvalue weighted by Gasteiger charge is -2.22. The zero-order valence-corrected chi connectivity index (χ0v) is 8.20. The van der Waals surface area contributed by atoms with Crippen molar-refractivity contribution in [3.8, 4) is 6.07 Å². The molecule has 0 aliphatic heterocycles. The molecule has 74 valence electrons. The van der Waals surface area contributed by atoms with Gasteiger partial charge < -0.3 is 9.84 Å². The monoisotopic (exact) mass is 185 g/mol. The Labute approximate surface area is 78.1 Å². The van der Waals surface area contributed by atoms with Crippen LogP contribution in [-0.4, -0.2) is 23.3 Å². The molecule has 0 aliphatic carbocycles. The van der Waals surface area contributed by atoms with Crippen LogP contribution in [0.4, 0.5) is 0 Å². The molecule has 0 aromatic carbocycles. The molecule has 1 N–H and O–H groups in total. The third-order valence-corrected chi connectivity index (χ3v) is 1.87. The molecule has 4 nitrogen and oxygen atoms in total. The number of rotatable bonds is 4. The summed E-state index contributed by atoms with van der Waals surface area (Å²) in [5.41, 5.74) is -1.60. The van der Waals surface area contributed by atoms with E-state index in [2.05, 4.69) is 4.74 Å². The van der Waals surface area contributed by atoms with Crippen molar-refractivity contribution in [3.63, 3.8) is 0 Å². The van der Waals surface area contributed by atoms with Gasteiger partial charge in [-0.25, -0.2) is 0 Å². The van der Waals surface area contributed by atoms with Crippen molar-refractivity contribution < 1.29 is 14.6 Å². The average Bonchev–Trinajstić information content (AvgIpc) is 2.04. The summed E-state index contributed by atoms with van der Waals surface area (Å²) in [5, 5.41) is 18.3. The molecule has 13 heavy (non-hydrogen) atoms. The van der Waals surface area contributed by atoms with E-state index in [1.54, 1.807) is 26.8 Å². The molecule has 0 bridgehead atoms. The average molecular weight is 185 g/mol. The molecule has 0 aromatic heterocycles. The predicted octanol–water partition coefficient (Wildman–Crippen LogP) is 0.850. The zero-order chi connectivity index (χ0) is 10.5. The quantitative estimate of drug-likeness (QED) is 0.520. The SMILES string of the molecule is CCOC(=O)C[C@@](O)(C#N)C(C)C. The van der Waals surface area contributed by atoms with Gasteiger partial charge in [-0.3, -0.25) is 4.79 Å². The van der Waals surface area contributed by atoms with Crippen LogP contribution in [0.25, 0.3) is 0 Å². The Bertz CT molecular complexity index is 219. The minimum absolute atomic E-state index is 0.262. The minimum Gasteiger partial charge on any atom is -0.466 e. The fourth-order valence-electron chi connectivity index (χ4n) is 0.805. The van der Waals surface area contributed by atoms with Gasteiger partial charge in [-0.15, -0.1) is 0 Å². The van der Waals surface area contributed by atoms with E-state index in [1.165, 1.54) is 0 Å². The first-order chi connectivity index (χ1) is 5.96. The Hall–Kier alpha value is -1.08. The lowest BCUT2D eigenvalue weighted by molar-refractivity contribution is -0.148. The number of nitrogens with zero attached hydrogens (tertiary/aromatic N) is 1. The van der Waals surface area contributed by atoms with Gasteiger partial charge in [0.2, 0.25) is 0 Å². The van der Waals surface area contributed by atoms with Gasteiger partial charge in [-0.05, 0) is 12.8 Å². The summed E-state index contributed by atoms with van der Waals surface area (Å²) in [5.74, 6) is -0.831. The summed E-state index contributed by atoms with van der Waals surface area (Å²) >= 11 is 0. The van der Waals surface area contributed by atoms with Gasteiger partial charge in [0.1, 0.15) is 0 Å². The van der Waals surface area contributed by atoms with Crippen molar-refractivity contribution in [1.29, 1.82) is 5.26 Å². The zero-order valence-electron chi connectivity index (χ0n) is 8.20. The first kappa shape index (κ1) is 11.9. The molecular weight excluding hydrogens is 170 g/mol. The Morgan fingerprint density at radius 2 is 2.23 bits per heavy atom. The molecule has 0 saturated heterocycles. The maximum Gasteiger partial charge on any atom is 0.309 e. The molecule has 0 unspecified atom stereocenters. The highest BCUT2D eigenvalue weighted by Gasteiger charge is 2.34. The van der Waals surface area contributed by atoms with E-state index >= 15 is 0 Å². The Morgan fingerprint density at radius 3 is 2.54 bits per heavy atom. The smallest absolute Gasteiger partial charge is 0.309 e. The van der Waals surface area contributed by atoms with Gasteiger partial charge in [0.05, 0.1) is 19.1 Å². The number of hydrogen-bond acceptors (Lipinski definition) is 4. The molecule has 4 heteroatoms. The highest BCUT2D eigenvalue weighted by molar-refractivity contribution is 5.71. The van der Waals surface area contributed by atoms with Crippen LogP contribution < -0.4 is 0 Å². The molecule has 0 radical (unpaired) electrons. The first-order valence-electron chi connectivity index (χ1n) is 4.25. The van der Waals surface area contributed by atoms with E-state index in [1.807, 2.05) is 0 Å². The molecule has 0 spiro atoms. The molecule has 0 heterocycles. The fourth-order valence-corrected chi connectivity index (χ4v) is 0.805. The van der Waals surface area contributed by atoms with E-state index < -0.39 is 11.6 Å². The van der Waals surface area contributed by atoms with Crippen molar-refractivity contribution in [2.75, 3.05) is 6.61 Å². The second-order valence-corrected chi connectivity index (χ2v) is 3.17. The second kappa shape index (κ2) is 4.83. The van der Waals surface area contributed by atoms with Crippen LogP contribution in [-0.2, 0) is 9.53 Å². The van der Waals surface area contributed by atoms with Gasteiger partial charge in [0.15, 0.2) is 5.60 Å². The normalized spacial score (nSPS) is 14.8. The second-order valence-electron chi connectivity index (χ2n) is 3.17. The van der Waals surface area contributed by atoms with Gasteiger partial charge in [0, 0.05) is 0 Å². The van der Waals surface area contributed by atoms with E-state index in [9.17, 15) is 9.90 Å². The van der Waals surface area contributed by atoms with Crippen molar-refractivity contribution in [2.24, 2.45) is 5.92 Å². The largest absolute Gasteiger partial charge is 0.466 e. The lowest BCUT2D eigenvalue weighted by Crippen LogP contribution is -2.36. The molecular formula is C9H15NO3. The maximum atomic E-state index is 11.0. The topological polar surface area (TPSA) is 70.3 Å². The molecule has 0 aromatic rings. The van der Waals surface area contributed by atoms with Crippen LogP contribution in [0.15, 0.2) is 0 Å². The number of ether oxygens (including phenoxy) is 1. The van der Waals surface area contributed by atoms with Crippen LogP contribution in [0.2, 0.25) is 0 Å². The van der Waals surface area contributed by atoms with Crippen molar-refractivity contribution in [3.05, 3.63) is 0 Å². The third-order valence-electron chi connectivity index (χ3n) is 1.87. The van der Waals surface area contributed by atoms with E-state index in [0.717, 1.165) is 0 Å². The molecule has 0 saturated carbocycles. The number of aliphatic hydroxyl groups is 1. The number of carbonyl (C=O) groups excluding carboxylic acids is 1. The molecule has 0 aliphatic rings. The summed E-state index contributed by atoms with van der Waals surface area (Å²) in [6.45, 7) is 5.31. The maximum absolute atomic E-state index is 11.0.